The Morgan fingerprint density at radius 2 is 2.22 bits per heavy atom. The van der Waals surface area contributed by atoms with Crippen LogP contribution in [0.4, 0.5) is 0 Å². The van der Waals surface area contributed by atoms with Crippen LogP contribution in [0.25, 0.3) is 11.0 Å². The molecule has 1 unspecified atom stereocenters. The van der Waals surface area contributed by atoms with Gasteiger partial charge in [-0.2, -0.15) is 0 Å². The molecule has 1 aromatic carbocycles. The molecule has 5 nitrogen and oxygen atoms in total. The van der Waals surface area contributed by atoms with E-state index in [0.29, 0.717) is 11.9 Å². The summed E-state index contributed by atoms with van der Waals surface area (Å²) in [4.78, 5) is 15.3. The predicted octanol–water partition coefficient (Wildman–Crippen LogP) is 1.99. The minimum atomic E-state index is -0.951. The molecule has 0 amide bonds. The fourth-order valence-corrected chi connectivity index (χ4v) is 2.22. The van der Waals surface area contributed by atoms with Crippen LogP contribution in [0.1, 0.15) is 35.6 Å². The van der Waals surface area contributed by atoms with Gasteiger partial charge in [-0.15, -0.1) is 0 Å². The summed E-state index contributed by atoms with van der Waals surface area (Å²) in [5, 5.41) is 18.0. The van der Waals surface area contributed by atoms with Crippen LogP contribution in [0.2, 0.25) is 0 Å². The molecule has 0 aliphatic rings. The van der Waals surface area contributed by atoms with Crippen LogP contribution in [0, 0.1) is 6.92 Å². The number of aromatic carboxylic acids is 1. The van der Waals surface area contributed by atoms with Gasteiger partial charge >= 0.3 is 5.97 Å². The van der Waals surface area contributed by atoms with E-state index in [-0.39, 0.29) is 18.2 Å². The molecule has 18 heavy (non-hydrogen) atoms. The van der Waals surface area contributed by atoms with Crippen LogP contribution < -0.4 is 0 Å². The predicted molar refractivity (Wildman–Crippen MR) is 67.8 cm³/mol. The Morgan fingerprint density at radius 3 is 2.83 bits per heavy atom. The fraction of sp³-hybridized carbons (Fsp3) is 0.385. The van der Waals surface area contributed by atoms with Gasteiger partial charge in [0.05, 0.1) is 16.6 Å². The summed E-state index contributed by atoms with van der Waals surface area (Å²) < 4.78 is 2.02. The van der Waals surface area contributed by atoms with Crippen molar-refractivity contribution in [3.8, 4) is 0 Å². The maximum Gasteiger partial charge on any atom is 0.335 e. The Hall–Kier alpha value is -1.88. The van der Waals surface area contributed by atoms with Gasteiger partial charge in [0, 0.05) is 12.6 Å². The van der Waals surface area contributed by atoms with Crippen LogP contribution in [0.3, 0.4) is 0 Å². The van der Waals surface area contributed by atoms with Gasteiger partial charge < -0.3 is 14.8 Å². The fourth-order valence-electron chi connectivity index (χ4n) is 2.22. The molecule has 0 saturated carbocycles. The van der Waals surface area contributed by atoms with Gasteiger partial charge in [-0.25, -0.2) is 9.78 Å². The lowest BCUT2D eigenvalue weighted by molar-refractivity contribution is 0.0697. The van der Waals surface area contributed by atoms with Gasteiger partial charge in [-0.1, -0.05) is 0 Å². The minimum Gasteiger partial charge on any atom is -0.478 e. The molecule has 1 atom stereocenters. The van der Waals surface area contributed by atoms with E-state index in [2.05, 4.69) is 4.98 Å². The molecule has 2 N–H and O–H groups in total. The average Bonchev–Trinajstić information content (AvgIpc) is 2.63. The third-order valence-corrected chi connectivity index (χ3v) is 3.10. The molecule has 0 spiro atoms. The highest BCUT2D eigenvalue weighted by Gasteiger charge is 2.14. The second-order valence-corrected chi connectivity index (χ2v) is 4.40. The van der Waals surface area contributed by atoms with Crippen molar-refractivity contribution in [3.63, 3.8) is 0 Å². The molecule has 0 aliphatic carbocycles. The molecule has 0 aliphatic heterocycles. The van der Waals surface area contributed by atoms with Gasteiger partial charge in [0.2, 0.25) is 0 Å². The largest absolute Gasteiger partial charge is 0.478 e. The number of benzene rings is 1. The highest BCUT2D eigenvalue weighted by Crippen LogP contribution is 2.23. The van der Waals surface area contributed by atoms with Crippen molar-refractivity contribution >= 4 is 17.0 Å². The number of carboxylic acids is 1. The monoisotopic (exact) mass is 248 g/mol. The number of carboxylic acid groups (broad SMARTS) is 1. The molecule has 0 saturated heterocycles. The van der Waals surface area contributed by atoms with E-state index in [9.17, 15) is 4.79 Å². The van der Waals surface area contributed by atoms with E-state index >= 15 is 0 Å². The lowest BCUT2D eigenvalue weighted by Gasteiger charge is -2.15. The van der Waals surface area contributed by atoms with E-state index < -0.39 is 5.97 Å². The van der Waals surface area contributed by atoms with Crippen LogP contribution in [0.15, 0.2) is 18.2 Å². The van der Waals surface area contributed by atoms with E-state index in [1.54, 1.807) is 18.2 Å². The number of nitrogens with zero attached hydrogens (tertiary/aromatic N) is 2. The highest BCUT2D eigenvalue weighted by molar-refractivity contribution is 5.92. The number of hydrogen-bond acceptors (Lipinski definition) is 3. The van der Waals surface area contributed by atoms with E-state index in [0.717, 1.165) is 11.3 Å². The van der Waals surface area contributed by atoms with Crippen LogP contribution in [-0.4, -0.2) is 32.3 Å². The zero-order valence-electron chi connectivity index (χ0n) is 10.4. The Labute approximate surface area is 105 Å². The van der Waals surface area contributed by atoms with Gasteiger partial charge in [0.15, 0.2) is 0 Å². The minimum absolute atomic E-state index is 0.119. The molecule has 0 radical (unpaired) electrons. The van der Waals surface area contributed by atoms with E-state index in [1.807, 2.05) is 18.4 Å². The SMILES string of the molecule is Cc1nc2cc(C(=O)O)ccc2n1C(C)CCO. The maximum absolute atomic E-state index is 10.9. The number of aryl methyl sites for hydroxylation is 1. The molecular formula is C13H16N2O3. The first kappa shape index (κ1) is 12.6. The summed E-state index contributed by atoms with van der Waals surface area (Å²) in [7, 11) is 0. The summed E-state index contributed by atoms with van der Waals surface area (Å²) in [6.07, 6.45) is 0.646. The average molecular weight is 248 g/mol. The Morgan fingerprint density at radius 1 is 1.50 bits per heavy atom. The van der Waals surface area contributed by atoms with Gasteiger partial charge in [-0.3, -0.25) is 0 Å². The molecular weight excluding hydrogens is 232 g/mol. The van der Waals surface area contributed by atoms with Gasteiger partial charge in [0.1, 0.15) is 5.82 Å². The first-order valence-corrected chi connectivity index (χ1v) is 5.87. The summed E-state index contributed by atoms with van der Waals surface area (Å²) in [6, 6.07) is 5.06. The van der Waals surface area contributed by atoms with Crippen molar-refractivity contribution in [2.24, 2.45) is 0 Å². The number of aromatic nitrogens is 2. The number of fused-ring (bicyclic) bond motifs is 1. The molecule has 2 rings (SSSR count). The number of imidazole rings is 1. The normalized spacial score (nSPS) is 12.8. The number of carbonyl (C=O) groups is 1. The van der Waals surface area contributed by atoms with Crippen molar-refractivity contribution in [3.05, 3.63) is 29.6 Å². The topological polar surface area (TPSA) is 75.3 Å². The van der Waals surface area contributed by atoms with E-state index in [4.69, 9.17) is 10.2 Å². The lowest BCUT2D eigenvalue weighted by atomic mass is 10.2. The summed E-state index contributed by atoms with van der Waals surface area (Å²) in [6.45, 7) is 4.01. The van der Waals surface area contributed by atoms with Crippen LogP contribution in [-0.2, 0) is 0 Å². The van der Waals surface area contributed by atoms with Crippen molar-refractivity contribution in [1.29, 1.82) is 0 Å². The van der Waals surface area contributed by atoms with Crippen LogP contribution >= 0.6 is 0 Å². The van der Waals surface area contributed by atoms with Crippen molar-refractivity contribution in [2.75, 3.05) is 6.61 Å². The molecule has 1 aromatic heterocycles. The second-order valence-electron chi connectivity index (χ2n) is 4.40. The van der Waals surface area contributed by atoms with Gasteiger partial charge in [0.25, 0.3) is 0 Å². The zero-order valence-corrected chi connectivity index (χ0v) is 10.4. The molecule has 0 fully saturated rings. The van der Waals surface area contributed by atoms with E-state index in [1.165, 1.54) is 0 Å². The van der Waals surface area contributed by atoms with Crippen LogP contribution in [0.5, 0.6) is 0 Å². The molecule has 96 valence electrons. The number of hydrogen-bond donors (Lipinski definition) is 2. The number of aliphatic hydroxyl groups is 1. The Kier molecular flexibility index (Phi) is 3.34. The third kappa shape index (κ3) is 2.09. The van der Waals surface area contributed by atoms with Crippen molar-refractivity contribution in [2.45, 2.75) is 26.3 Å². The summed E-state index contributed by atoms with van der Waals surface area (Å²) >= 11 is 0. The molecule has 0 bridgehead atoms. The molecule has 2 aromatic rings. The first-order chi connectivity index (χ1) is 8.54. The maximum atomic E-state index is 10.9. The number of aliphatic hydroxyl groups excluding tert-OH is 1. The zero-order chi connectivity index (χ0) is 13.3. The highest BCUT2D eigenvalue weighted by atomic mass is 16.4. The van der Waals surface area contributed by atoms with Crippen molar-refractivity contribution < 1.29 is 15.0 Å². The smallest absolute Gasteiger partial charge is 0.335 e. The summed E-state index contributed by atoms with van der Waals surface area (Å²) in [5.74, 6) is -0.124. The third-order valence-electron chi connectivity index (χ3n) is 3.10. The summed E-state index contributed by atoms with van der Waals surface area (Å²) in [5.41, 5.74) is 1.82. The Balaban J connectivity index is 2.55. The van der Waals surface area contributed by atoms with Crippen molar-refractivity contribution in [1.82, 2.24) is 9.55 Å². The second kappa shape index (κ2) is 4.78. The quantitative estimate of drug-likeness (QED) is 0.867. The molecule has 5 heteroatoms. The lowest BCUT2D eigenvalue weighted by Crippen LogP contribution is -2.08. The Bertz CT molecular complexity index is 589. The number of rotatable bonds is 4. The standard InChI is InChI=1S/C13H16N2O3/c1-8(5-6-16)15-9(2)14-11-7-10(13(17)18)3-4-12(11)15/h3-4,7-8,16H,5-6H2,1-2H3,(H,17,18). The molecule has 1 heterocycles. The first-order valence-electron chi connectivity index (χ1n) is 5.87. The van der Waals surface area contributed by atoms with Gasteiger partial charge in [-0.05, 0) is 38.5 Å².